The monoisotopic (exact) mass is 416 g/mol. The normalized spacial score (nSPS) is 14.4. The lowest BCUT2D eigenvalue weighted by molar-refractivity contribution is 0.0747. The highest BCUT2D eigenvalue weighted by molar-refractivity contribution is 6.36. The van der Waals surface area contributed by atoms with Gasteiger partial charge in [0.2, 0.25) is 0 Å². The molecule has 0 bridgehead atoms. The van der Waals surface area contributed by atoms with E-state index in [1.54, 1.807) is 35.8 Å². The topological polar surface area (TPSA) is 80.3 Å². The number of hydrogen-bond acceptors (Lipinski definition) is 5. The molecule has 1 aliphatic rings. The molecular formula is C19H18Cl2N6O. The fourth-order valence-electron chi connectivity index (χ4n) is 3.32. The van der Waals surface area contributed by atoms with E-state index in [0.717, 1.165) is 11.4 Å². The number of halogens is 2. The Labute approximate surface area is 172 Å². The van der Waals surface area contributed by atoms with Gasteiger partial charge in [-0.25, -0.2) is 0 Å². The molecule has 2 N–H and O–H groups in total. The van der Waals surface area contributed by atoms with Gasteiger partial charge < -0.3 is 15.5 Å². The van der Waals surface area contributed by atoms with Gasteiger partial charge in [-0.05, 0) is 36.4 Å². The van der Waals surface area contributed by atoms with Crippen LogP contribution in [0.1, 0.15) is 10.4 Å². The molecule has 0 aliphatic carbocycles. The van der Waals surface area contributed by atoms with Crippen molar-refractivity contribution in [2.75, 3.05) is 36.8 Å². The average Bonchev–Trinajstić information content (AvgIpc) is 3.22. The Balaban J connectivity index is 1.51. The minimum absolute atomic E-state index is 0.0855. The van der Waals surface area contributed by atoms with E-state index < -0.39 is 0 Å². The molecule has 0 unspecified atom stereocenters. The Morgan fingerprint density at radius 3 is 2.32 bits per heavy atom. The van der Waals surface area contributed by atoms with E-state index in [1.807, 2.05) is 22.8 Å². The quantitative estimate of drug-likeness (QED) is 0.663. The molecule has 1 saturated heterocycles. The maximum atomic E-state index is 12.8. The van der Waals surface area contributed by atoms with Crippen LogP contribution in [0, 0.1) is 0 Å². The minimum atomic E-state index is -0.0855. The van der Waals surface area contributed by atoms with Crippen LogP contribution in [-0.4, -0.2) is 51.8 Å². The number of benzene rings is 2. The van der Waals surface area contributed by atoms with Crippen LogP contribution < -0.4 is 10.6 Å². The van der Waals surface area contributed by atoms with Crippen LogP contribution in [-0.2, 0) is 0 Å². The van der Waals surface area contributed by atoms with E-state index in [-0.39, 0.29) is 5.91 Å². The van der Waals surface area contributed by atoms with Gasteiger partial charge in [-0.15, -0.1) is 10.2 Å². The number of carbonyl (C=O) groups excluding carboxylic acids is 1. The fourth-order valence-corrected chi connectivity index (χ4v) is 3.81. The number of nitrogens with zero attached hydrogens (tertiary/aromatic N) is 5. The summed E-state index contributed by atoms with van der Waals surface area (Å²) in [6.45, 7) is 2.56. The molecule has 0 saturated carbocycles. The molecule has 3 aromatic rings. The van der Waals surface area contributed by atoms with Crippen molar-refractivity contribution in [3.63, 3.8) is 0 Å². The van der Waals surface area contributed by atoms with Crippen molar-refractivity contribution in [1.29, 1.82) is 0 Å². The van der Waals surface area contributed by atoms with Crippen LogP contribution >= 0.6 is 23.2 Å². The molecule has 9 heteroatoms. The van der Waals surface area contributed by atoms with Gasteiger partial charge in [-0.2, -0.15) is 0 Å². The summed E-state index contributed by atoms with van der Waals surface area (Å²) < 4.78 is 1.83. The van der Waals surface area contributed by atoms with Gasteiger partial charge in [0.15, 0.2) is 0 Å². The Morgan fingerprint density at radius 2 is 1.64 bits per heavy atom. The molecule has 144 valence electrons. The van der Waals surface area contributed by atoms with Crippen molar-refractivity contribution in [3.8, 4) is 5.69 Å². The molecule has 28 heavy (non-hydrogen) atoms. The summed E-state index contributed by atoms with van der Waals surface area (Å²) in [5, 5.41) is 8.63. The van der Waals surface area contributed by atoms with E-state index >= 15 is 0 Å². The molecule has 4 rings (SSSR count). The standard InChI is InChI=1S/C19H18Cl2N6O/c20-13-1-3-15(16(21)9-13)19(28)26-7-5-25(6-8-26)17-4-2-14(22)10-18(17)27-11-23-24-12-27/h1-4,9-12H,5-8,22H2. The van der Waals surface area contributed by atoms with Crippen LogP contribution in [0.3, 0.4) is 0 Å². The third-order valence-electron chi connectivity index (χ3n) is 4.77. The molecule has 1 aromatic heterocycles. The predicted octanol–water partition coefficient (Wildman–Crippen LogP) is 3.12. The first-order chi connectivity index (χ1) is 13.5. The maximum absolute atomic E-state index is 12.8. The summed E-state index contributed by atoms with van der Waals surface area (Å²) in [5.74, 6) is -0.0855. The predicted molar refractivity (Wildman–Crippen MR) is 110 cm³/mol. The number of aromatic nitrogens is 3. The zero-order valence-electron chi connectivity index (χ0n) is 14.9. The Kier molecular flexibility index (Phi) is 5.11. The van der Waals surface area contributed by atoms with Gasteiger partial charge in [-0.3, -0.25) is 9.36 Å². The van der Waals surface area contributed by atoms with Crippen molar-refractivity contribution < 1.29 is 4.79 Å². The highest BCUT2D eigenvalue weighted by Gasteiger charge is 2.25. The summed E-state index contributed by atoms with van der Waals surface area (Å²) >= 11 is 12.1. The third-order valence-corrected chi connectivity index (χ3v) is 5.31. The van der Waals surface area contributed by atoms with Gasteiger partial charge in [-0.1, -0.05) is 23.2 Å². The summed E-state index contributed by atoms with van der Waals surface area (Å²) in [4.78, 5) is 16.8. The zero-order valence-corrected chi connectivity index (χ0v) is 16.4. The third kappa shape index (κ3) is 3.63. The van der Waals surface area contributed by atoms with Crippen molar-refractivity contribution >= 4 is 40.5 Å². The lowest BCUT2D eigenvalue weighted by Gasteiger charge is -2.37. The minimum Gasteiger partial charge on any atom is -0.399 e. The van der Waals surface area contributed by atoms with E-state index in [1.165, 1.54) is 0 Å². The van der Waals surface area contributed by atoms with Crippen molar-refractivity contribution in [3.05, 3.63) is 64.7 Å². The van der Waals surface area contributed by atoms with Gasteiger partial charge in [0.25, 0.3) is 5.91 Å². The van der Waals surface area contributed by atoms with Crippen LogP contribution in [0.4, 0.5) is 11.4 Å². The molecule has 0 spiro atoms. The number of carbonyl (C=O) groups is 1. The first kappa shape index (κ1) is 18.6. The highest BCUT2D eigenvalue weighted by atomic mass is 35.5. The van der Waals surface area contributed by atoms with Crippen LogP contribution in [0.2, 0.25) is 10.0 Å². The lowest BCUT2D eigenvalue weighted by atomic mass is 10.1. The molecule has 2 aromatic carbocycles. The van der Waals surface area contributed by atoms with Crippen LogP contribution in [0.25, 0.3) is 5.69 Å². The Hall–Kier alpha value is -2.77. The van der Waals surface area contributed by atoms with Gasteiger partial charge in [0, 0.05) is 36.9 Å². The van der Waals surface area contributed by atoms with Gasteiger partial charge >= 0.3 is 0 Å². The van der Waals surface area contributed by atoms with E-state index in [2.05, 4.69) is 15.1 Å². The van der Waals surface area contributed by atoms with Crippen molar-refractivity contribution in [2.45, 2.75) is 0 Å². The number of anilines is 2. The first-order valence-electron chi connectivity index (χ1n) is 8.77. The smallest absolute Gasteiger partial charge is 0.255 e. The summed E-state index contributed by atoms with van der Waals surface area (Å²) in [6.07, 6.45) is 3.28. The number of nitrogen functional groups attached to an aromatic ring is 1. The largest absolute Gasteiger partial charge is 0.399 e. The van der Waals surface area contributed by atoms with Crippen molar-refractivity contribution in [1.82, 2.24) is 19.7 Å². The maximum Gasteiger partial charge on any atom is 0.255 e. The number of rotatable bonds is 3. The average molecular weight is 417 g/mol. The van der Waals surface area contributed by atoms with E-state index in [9.17, 15) is 4.79 Å². The molecule has 2 heterocycles. The molecule has 1 amide bonds. The highest BCUT2D eigenvalue weighted by Crippen LogP contribution is 2.28. The molecular weight excluding hydrogens is 399 g/mol. The SMILES string of the molecule is Nc1ccc(N2CCN(C(=O)c3ccc(Cl)cc3Cl)CC2)c(-n2cnnc2)c1. The first-order valence-corrected chi connectivity index (χ1v) is 9.52. The van der Waals surface area contributed by atoms with Gasteiger partial charge in [0.1, 0.15) is 12.7 Å². The number of hydrogen-bond donors (Lipinski definition) is 1. The second-order valence-corrected chi connectivity index (χ2v) is 7.36. The molecule has 1 fully saturated rings. The van der Waals surface area contributed by atoms with Crippen molar-refractivity contribution in [2.24, 2.45) is 0 Å². The van der Waals surface area contributed by atoms with Crippen LogP contribution in [0.5, 0.6) is 0 Å². The van der Waals surface area contributed by atoms with Gasteiger partial charge in [0.05, 0.1) is 22.0 Å². The second-order valence-electron chi connectivity index (χ2n) is 6.52. The summed E-state index contributed by atoms with van der Waals surface area (Å²) in [6, 6.07) is 10.7. The zero-order chi connectivity index (χ0) is 19.7. The molecule has 0 radical (unpaired) electrons. The lowest BCUT2D eigenvalue weighted by Crippen LogP contribution is -2.49. The molecule has 1 aliphatic heterocycles. The summed E-state index contributed by atoms with van der Waals surface area (Å²) in [5.41, 5.74) is 9.03. The number of nitrogens with two attached hydrogens (primary N) is 1. The Morgan fingerprint density at radius 1 is 0.929 bits per heavy atom. The second kappa shape index (κ2) is 7.69. The Bertz CT molecular complexity index is 1000. The molecule has 7 nitrogen and oxygen atoms in total. The number of amides is 1. The van der Waals surface area contributed by atoms with E-state index in [4.69, 9.17) is 28.9 Å². The fraction of sp³-hybridized carbons (Fsp3) is 0.211. The van der Waals surface area contributed by atoms with E-state index in [0.29, 0.717) is 47.5 Å². The van der Waals surface area contributed by atoms with Crippen LogP contribution in [0.15, 0.2) is 49.1 Å². The number of piperazine rings is 1. The molecule has 0 atom stereocenters. The summed E-state index contributed by atoms with van der Waals surface area (Å²) in [7, 11) is 0.